The van der Waals surface area contributed by atoms with Crippen LogP contribution in [0.25, 0.3) is 11.3 Å². The van der Waals surface area contributed by atoms with Crippen LogP contribution in [-0.2, 0) is 9.59 Å². The van der Waals surface area contributed by atoms with Gasteiger partial charge in [0.2, 0.25) is 11.8 Å². The monoisotopic (exact) mass is 410 g/mol. The highest BCUT2D eigenvalue weighted by atomic mass is 16.3. The molecule has 3 rings (SSSR count). The minimum atomic E-state index is -0.748. The van der Waals surface area contributed by atoms with Crippen LogP contribution >= 0.6 is 0 Å². The standard InChI is InChI=1S/C21H26N6O3/c1-21(2,3)18(20(30)26-11-15(28)9-17(26)19(29)23-4)27-12-16(24-25-27)14-7-5-13(10-22)6-8-14/h5-8,12,15,17-18,28H,9,11H2,1-4H3,(H,23,29)/t15?,17?,18-/m1/s1. The number of carbonyl (C=O) groups excluding carboxylic acids is 2. The fraction of sp³-hybridized carbons (Fsp3) is 0.476. The molecule has 1 aromatic carbocycles. The molecule has 0 radical (unpaired) electrons. The van der Waals surface area contributed by atoms with E-state index in [1.165, 1.54) is 16.6 Å². The molecule has 0 bridgehead atoms. The first-order chi connectivity index (χ1) is 14.2. The van der Waals surface area contributed by atoms with Crippen LogP contribution in [0.1, 0.15) is 38.8 Å². The lowest BCUT2D eigenvalue weighted by molar-refractivity contribution is -0.144. The summed E-state index contributed by atoms with van der Waals surface area (Å²) in [4.78, 5) is 27.2. The van der Waals surface area contributed by atoms with Gasteiger partial charge < -0.3 is 15.3 Å². The van der Waals surface area contributed by atoms with Crippen LogP contribution in [0.4, 0.5) is 0 Å². The number of aliphatic hydroxyl groups excluding tert-OH is 1. The molecule has 9 heteroatoms. The summed E-state index contributed by atoms with van der Waals surface area (Å²) in [6.07, 6.45) is 1.15. The summed E-state index contributed by atoms with van der Waals surface area (Å²) in [6.45, 7) is 5.85. The van der Waals surface area contributed by atoms with Gasteiger partial charge in [-0.05, 0) is 17.5 Å². The molecule has 1 aromatic heterocycles. The minimum Gasteiger partial charge on any atom is -0.391 e. The van der Waals surface area contributed by atoms with Crippen molar-refractivity contribution in [1.29, 1.82) is 5.26 Å². The number of hydrogen-bond acceptors (Lipinski definition) is 6. The van der Waals surface area contributed by atoms with E-state index in [-0.39, 0.29) is 24.8 Å². The summed E-state index contributed by atoms with van der Waals surface area (Å²) in [5.74, 6) is -0.589. The van der Waals surface area contributed by atoms with Crippen molar-refractivity contribution in [2.45, 2.75) is 45.4 Å². The first-order valence-corrected chi connectivity index (χ1v) is 9.78. The SMILES string of the molecule is CNC(=O)C1CC(O)CN1C(=O)[C@@H](n1cc(-c2ccc(C#N)cc2)nn1)C(C)(C)C. The van der Waals surface area contributed by atoms with E-state index in [0.29, 0.717) is 11.3 Å². The van der Waals surface area contributed by atoms with Crippen molar-refractivity contribution >= 4 is 11.8 Å². The zero-order valence-corrected chi connectivity index (χ0v) is 17.5. The predicted octanol–water partition coefficient (Wildman–Crippen LogP) is 1.11. The number of rotatable bonds is 4. The van der Waals surface area contributed by atoms with E-state index >= 15 is 0 Å². The van der Waals surface area contributed by atoms with Crippen molar-refractivity contribution in [3.8, 4) is 17.3 Å². The van der Waals surface area contributed by atoms with E-state index in [9.17, 15) is 14.7 Å². The number of nitrogens with one attached hydrogen (secondary N) is 1. The smallest absolute Gasteiger partial charge is 0.248 e. The molecule has 2 unspecified atom stereocenters. The summed E-state index contributed by atoms with van der Waals surface area (Å²) >= 11 is 0. The van der Waals surface area contributed by atoms with Crippen LogP contribution in [0.5, 0.6) is 0 Å². The largest absolute Gasteiger partial charge is 0.391 e. The zero-order valence-electron chi connectivity index (χ0n) is 17.5. The summed E-state index contributed by atoms with van der Waals surface area (Å²) in [7, 11) is 1.51. The Labute approximate surface area is 175 Å². The second-order valence-corrected chi connectivity index (χ2v) is 8.55. The average molecular weight is 410 g/mol. The fourth-order valence-electron chi connectivity index (χ4n) is 3.76. The number of likely N-dealkylation sites (N-methyl/N-ethyl adjacent to an activating group) is 1. The molecule has 2 amide bonds. The minimum absolute atomic E-state index is 0.0979. The molecule has 2 N–H and O–H groups in total. The van der Waals surface area contributed by atoms with Crippen molar-refractivity contribution in [1.82, 2.24) is 25.2 Å². The van der Waals surface area contributed by atoms with E-state index < -0.39 is 23.6 Å². The lowest BCUT2D eigenvalue weighted by atomic mass is 9.85. The molecule has 158 valence electrons. The summed E-state index contributed by atoms with van der Waals surface area (Å²) in [5, 5.41) is 30.0. The van der Waals surface area contributed by atoms with Gasteiger partial charge in [0.05, 0.1) is 23.9 Å². The van der Waals surface area contributed by atoms with Gasteiger partial charge in [-0.25, -0.2) is 4.68 Å². The molecule has 0 aliphatic carbocycles. The Hall–Kier alpha value is -3.25. The quantitative estimate of drug-likeness (QED) is 0.778. The van der Waals surface area contributed by atoms with Crippen LogP contribution < -0.4 is 5.32 Å². The number of likely N-dealkylation sites (tertiary alicyclic amines) is 1. The summed E-state index contributed by atoms with van der Waals surface area (Å²) in [6, 6.07) is 7.58. The van der Waals surface area contributed by atoms with Crippen molar-refractivity contribution in [2.75, 3.05) is 13.6 Å². The van der Waals surface area contributed by atoms with Gasteiger partial charge in [0.25, 0.3) is 0 Å². The number of β-amino-alcohol motifs (C(OH)–C–C–N with tert-alkyl or cyclic N) is 1. The highest BCUT2D eigenvalue weighted by Crippen LogP contribution is 2.35. The first kappa shape index (κ1) is 21.5. The third-order valence-electron chi connectivity index (χ3n) is 5.25. The summed E-state index contributed by atoms with van der Waals surface area (Å²) in [5.41, 5.74) is 1.38. The molecule has 30 heavy (non-hydrogen) atoms. The lowest BCUT2D eigenvalue weighted by Crippen LogP contribution is -2.49. The van der Waals surface area contributed by atoms with Gasteiger partial charge in [0.1, 0.15) is 17.8 Å². The predicted molar refractivity (Wildman–Crippen MR) is 109 cm³/mol. The molecule has 1 aliphatic heterocycles. The highest BCUT2D eigenvalue weighted by Gasteiger charge is 2.45. The second-order valence-electron chi connectivity index (χ2n) is 8.55. The van der Waals surface area contributed by atoms with Gasteiger partial charge in [-0.3, -0.25) is 9.59 Å². The Morgan fingerprint density at radius 3 is 2.53 bits per heavy atom. The van der Waals surface area contributed by atoms with Crippen LogP contribution in [0.3, 0.4) is 0 Å². The third kappa shape index (κ3) is 4.19. The van der Waals surface area contributed by atoms with Crippen LogP contribution in [0, 0.1) is 16.7 Å². The fourth-order valence-corrected chi connectivity index (χ4v) is 3.76. The maximum atomic E-state index is 13.5. The van der Waals surface area contributed by atoms with E-state index in [1.54, 1.807) is 30.5 Å². The van der Waals surface area contributed by atoms with Crippen molar-refractivity contribution < 1.29 is 14.7 Å². The number of aliphatic hydroxyl groups is 1. The Bertz CT molecular complexity index is 970. The highest BCUT2D eigenvalue weighted by molar-refractivity contribution is 5.90. The van der Waals surface area contributed by atoms with E-state index in [0.717, 1.165) is 5.56 Å². The van der Waals surface area contributed by atoms with Gasteiger partial charge in [-0.1, -0.05) is 38.1 Å². The number of amides is 2. The van der Waals surface area contributed by atoms with Gasteiger partial charge in [0, 0.05) is 25.6 Å². The maximum absolute atomic E-state index is 13.5. The molecule has 3 atom stereocenters. The van der Waals surface area contributed by atoms with Crippen LogP contribution in [0.15, 0.2) is 30.5 Å². The second kappa shape index (κ2) is 8.24. The van der Waals surface area contributed by atoms with Gasteiger partial charge >= 0.3 is 0 Å². The zero-order chi connectivity index (χ0) is 22.1. The number of benzene rings is 1. The van der Waals surface area contributed by atoms with Crippen molar-refractivity contribution in [3.63, 3.8) is 0 Å². The molecule has 0 saturated carbocycles. The summed E-state index contributed by atoms with van der Waals surface area (Å²) < 4.78 is 1.52. The molecule has 9 nitrogen and oxygen atoms in total. The van der Waals surface area contributed by atoms with E-state index in [1.807, 2.05) is 20.8 Å². The van der Waals surface area contributed by atoms with Crippen molar-refractivity contribution in [3.05, 3.63) is 36.0 Å². The third-order valence-corrected chi connectivity index (χ3v) is 5.25. The topological polar surface area (TPSA) is 124 Å². The van der Waals surface area contributed by atoms with E-state index in [4.69, 9.17) is 5.26 Å². The van der Waals surface area contributed by atoms with E-state index in [2.05, 4.69) is 21.7 Å². The van der Waals surface area contributed by atoms with Crippen LogP contribution in [-0.4, -0.2) is 62.6 Å². The number of nitriles is 1. The van der Waals surface area contributed by atoms with Crippen LogP contribution in [0.2, 0.25) is 0 Å². The molecule has 0 spiro atoms. The Morgan fingerprint density at radius 2 is 1.97 bits per heavy atom. The molecule has 1 fully saturated rings. The number of aromatic nitrogens is 3. The number of nitrogens with zero attached hydrogens (tertiary/aromatic N) is 5. The molecular weight excluding hydrogens is 384 g/mol. The Balaban J connectivity index is 1.93. The molecule has 1 saturated heterocycles. The van der Waals surface area contributed by atoms with Gasteiger partial charge in [-0.15, -0.1) is 5.10 Å². The average Bonchev–Trinajstić information content (AvgIpc) is 3.33. The normalized spacial score (nSPS) is 19.9. The molecule has 2 heterocycles. The Morgan fingerprint density at radius 1 is 1.30 bits per heavy atom. The lowest BCUT2D eigenvalue weighted by Gasteiger charge is -2.34. The number of hydrogen-bond donors (Lipinski definition) is 2. The molecule has 1 aliphatic rings. The van der Waals surface area contributed by atoms with Gasteiger partial charge in [0.15, 0.2) is 0 Å². The molecular formula is C21H26N6O3. The maximum Gasteiger partial charge on any atom is 0.248 e. The van der Waals surface area contributed by atoms with Crippen molar-refractivity contribution in [2.24, 2.45) is 5.41 Å². The molecule has 2 aromatic rings. The Kier molecular flexibility index (Phi) is 5.89. The number of carbonyl (C=O) groups is 2. The first-order valence-electron chi connectivity index (χ1n) is 9.78. The van der Waals surface area contributed by atoms with Gasteiger partial charge in [-0.2, -0.15) is 5.26 Å².